The van der Waals surface area contributed by atoms with Crippen LogP contribution in [0.5, 0.6) is 0 Å². The summed E-state index contributed by atoms with van der Waals surface area (Å²) in [5.41, 5.74) is 2.63. The molecule has 0 amide bonds. The Bertz CT molecular complexity index is 548. The van der Waals surface area contributed by atoms with Gasteiger partial charge in [0.15, 0.2) is 0 Å². The summed E-state index contributed by atoms with van der Waals surface area (Å²) in [4.78, 5) is 2.49. The van der Waals surface area contributed by atoms with E-state index in [-0.39, 0.29) is 0 Å². The van der Waals surface area contributed by atoms with Crippen molar-refractivity contribution in [2.24, 2.45) is 0 Å². The first kappa shape index (κ1) is 12.0. The lowest BCUT2D eigenvalue weighted by atomic mass is 10.0. The van der Waals surface area contributed by atoms with Gasteiger partial charge in [-0.05, 0) is 25.5 Å². The Balaban J connectivity index is 1.94. The molecule has 0 unspecified atom stereocenters. The minimum absolute atomic E-state index is 0.364. The molecule has 1 nitrogen and oxygen atoms in total. The molecule has 2 atom stereocenters. The van der Waals surface area contributed by atoms with Crippen molar-refractivity contribution in [3.63, 3.8) is 0 Å². The number of rotatable bonds is 3. The minimum atomic E-state index is 0.364. The van der Waals surface area contributed by atoms with E-state index in [1.807, 2.05) is 0 Å². The van der Waals surface area contributed by atoms with E-state index in [9.17, 15) is 0 Å². The van der Waals surface area contributed by atoms with Crippen molar-refractivity contribution >= 4 is 5.69 Å². The van der Waals surface area contributed by atoms with Crippen LogP contribution < -0.4 is 4.90 Å². The zero-order valence-corrected chi connectivity index (χ0v) is 11.2. The highest BCUT2D eigenvalue weighted by atomic mass is 15.2. The molecule has 1 aromatic carbocycles. The van der Waals surface area contributed by atoms with E-state index in [2.05, 4.69) is 84.7 Å². The second kappa shape index (κ2) is 5.31. The van der Waals surface area contributed by atoms with Crippen LogP contribution in [0.2, 0.25) is 0 Å². The quantitative estimate of drug-likeness (QED) is 0.773. The summed E-state index contributed by atoms with van der Waals surface area (Å²) in [7, 11) is 0. The number of allylic oxidation sites excluding steroid dienone is 4. The van der Waals surface area contributed by atoms with Crippen LogP contribution in [-0.2, 0) is 0 Å². The average Bonchev–Trinajstić information content (AvgIpc) is 2.88. The lowest BCUT2D eigenvalue weighted by molar-refractivity contribution is 0.676. The summed E-state index contributed by atoms with van der Waals surface area (Å²) in [5.74, 6) is 0. The zero-order chi connectivity index (χ0) is 13.1. The van der Waals surface area contributed by atoms with E-state index < -0.39 is 0 Å². The Labute approximate surface area is 115 Å². The Hall–Kier alpha value is -2.02. The van der Waals surface area contributed by atoms with Crippen molar-refractivity contribution < 1.29 is 0 Å². The summed E-state index contributed by atoms with van der Waals surface area (Å²) in [5, 5.41) is 0. The summed E-state index contributed by atoms with van der Waals surface area (Å²) in [6, 6.07) is 11.5. The standard InChI is InChI=1S/C18H19N/c1-15-12-13-18(14-15)19(16-8-4-2-5-9-16)17-10-6-3-7-11-17/h2-10,12-14,17-18H,11H2,1H3/t17-,18+/m1/s1. The Morgan fingerprint density at radius 2 is 1.89 bits per heavy atom. The maximum absolute atomic E-state index is 2.49. The van der Waals surface area contributed by atoms with Crippen LogP contribution >= 0.6 is 0 Å². The molecule has 1 aromatic rings. The zero-order valence-electron chi connectivity index (χ0n) is 11.2. The number of para-hydroxylation sites is 1. The van der Waals surface area contributed by atoms with Crippen molar-refractivity contribution in [1.82, 2.24) is 0 Å². The highest BCUT2D eigenvalue weighted by Crippen LogP contribution is 2.27. The molecule has 0 saturated carbocycles. The third kappa shape index (κ3) is 2.55. The number of anilines is 1. The van der Waals surface area contributed by atoms with Crippen molar-refractivity contribution in [1.29, 1.82) is 0 Å². The van der Waals surface area contributed by atoms with Gasteiger partial charge in [-0.25, -0.2) is 0 Å². The fourth-order valence-electron chi connectivity index (χ4n) is 2.76. The van der Waals surface area contributed by atoms with E-state index in [1.165, 1.54) is 11.3 Å². The summed E-state index contributed by atoms with van der Waals surface area (Å²) in [6.07, 6.45) is 16.7. The molecule has 1 heteroatoms. The van der Waals surface area contributed by atoms with Crippen LogP contribution in [-0.4, -0.2) is 12.1 Å². The van der Waals surface area contributed by atoms with E-state index in [4.69, 9.17) is 0 Å². The van der Waals surface area contributed by atoms with Gasteiger partial charge in [-0.1, -0.05) is 66.3 Å². The first-order valence-corrected chi connectivity index (χ1v) is 6.88. The van der Waals surface area contributed by atoms with E-state index in [1.54, 1.807) is 0 Å². The second-order valence-corrected chi connectivity index (χ2v) is 5.12. The van der Waals surface area contributed by atoms with Gasteiger partial charge in [0.25, 0.3) is 0 Å². The highest BCUT2D eigenvalue weighted by Gasteiger charge is 2.23. The molecule has 3 rings (SSSR count). The van der Waals surface area contributed by atoms with Crippen molar-refractivity contribution in [3.8, 4) is 0 Å². The van der Waals surface area contributed by atoms with E-state index in [0.717, 1.165) is 6.42 Å². The number of hydrogen-bond donors (Lipinski definition) is 0. The van der Waals surface area contributed by atoms with Crippen molar-refractivity contribution in [2.45, 2.75) is 25.4 Å². The third-order valence-electron chi connectivity index (χ3n) is 3.68. The van der Waals surface area contributed by atoms with Crippen LogP contribution in [0.3, 0.4) is 0 Å². The number of nitrogens with zero attached hydrogens (tertiary/aromatic N) is 1. The normalized spacial score (nSPS) is 24.6. The summed E-state index contributed by atoms with van der Waals surface area (Å²) < 4.78 is 0. The van der Waals surface area contributed by atoms with Gasteiger partial charge in [0.05, 0.1) is 12.1 Å². The predicted molar refractivity (Wildman–Crippen MR) is 82.3 cm³/mol. The van der Waals surface area contributed by atoms with Crippen molar-refractivity contribution in [3.05, 3.63) is 78.4 Å². The molecule has 0 aromatic heterocycles. The Morgan fingerprint density at radius 1 is 1.05 bits per heavy atom. The minimum Gasteiger partial charge on any atom is -0.355 e. The maximum atomic E-state index is 2.49. The third-order valence-corrected chi connectivity index (χ3v) is 3.68. The molecular weight excluding hydrogens is 230 g/mol. The predicted octanol–water partition coefficient (Wildman–Crippen LogP) is 4.26. The van der Waals surface area contributed by atoms with Gasteiger partial charge >= 0.3 is 0 Å². The monoisotopic (exact) mass is 249 g/mol. The lowest BCUT2D eigenvalue weighted by Crippen LogP contribution is -2.40. The molecule has 0 radical (unpaired) electrons. The van der Waals surface area contributed by atoms with Crippen LogP contribution in [0.1, 0.15) is 13.3 Å². The summed E-state index contributed by atoms with van der Waals surface area (Å²) in [6.45, 7) is 2.16. The molecule has 0 heterocycles. The van der Waals surface area contributed by atoms with Gasteiger partial charge in [-0.15, -0.1) is 0 Å². The van der Waals surface area contributed by atoms with E-state index >= 15 is 0 Å². The van der Waals surface area contributed by atoms with Gasteiger partial charge in [0.1, 0.15) is 0 Å². The van der Waals surface area contributed by atoms with Crippen molar-refractivity contribution in [2.75, 3.05) is 4.90 Å². The molecule has 2 aliphatic rings. The van der Waals surface area contributed by atoms with Gasteiger partial charge in [-0.2, -0.15) is 0 Å². The largest absolute Gasteiger partial charge is 0.355 e. The van der Waals surface area contributed by atoms with Crippen LogP contribution in [0.4, 0.5) is 5.69 Å². The molecule has 0 bridgehead atoms. The first-order valence-electron chi connectivity index (χ1n) is 6.88. The first-order chi connectivity index (χ1) is 9.34. The van der Waals surface area contributed by atoms with Gasteiger partial charge in [0.2, 0.25) is 0 Å². The SMILES string of the molecule is CC1=C[C@@H](N(c2ccccc2)[C@@H]2C=CC=CC2)C=C1. The van der Waals surface area contributed by atoms with Gasteiger partial charge in [0, 0.05) is 5.69 Å². The number of hydrogen-bond acceptors (Lipinski definition) is 1. The Morgan fingerprint density at radius 3 is 2.53 bits per heavy atom. The van der Waals surface area contributed by atoms with E-state index in [0.29, 0.717) is 12.1 Å². The lowest BCUT2D eigenvalue weighted by Gasteiger charge is -2.36. The van der Waals surface area contributed by atoms with Gasteiger partial charge in [-0.3, -0.25) is 0 Å². The Kier molecular flexibility index (Phi) is 3.37. The molecular formula is C18H19N. The van der Waals surface area contributed by atoms with Crippen LogP contribution in [0, 0.1) is 0 Å². The molecule has 0 fully saturated rings. The molecule has 0 aliphatic heterocycles. The molecule has 0 spiro atoms. The number of benzene rings is 1. The average molecular weight is 249 g/mol. The molecule has 0 saturated heterocycles. The van der Waals surface area contributed by atoms with Gasteiger partial charge < -0.3 is 4.90 Å². The molecule has 0 N–H and O–H groups in total. The maximum Gasteiger partial charge on any atom is 0.0672 e. The topological polar surface area (TPSA) is 3.24 Å². The summed E-state index contributed by atoms with van der Waals surface area (Å²) >= 11 is 0. The fourth-order valence-corrected chi connectivity index (χ4v) is 2.76. The van der Waals surface area contributed by atoms with Crippen LogP contribution in [0.15, 0.2) is 78.4 Å². The molecule has 2 aliphatic carbocycles. The molecule has 19 heavy (non-hydrogen) atoms. The molecule has 96 valence electrons. The van der Waals surface area contributed by atoms with Crippen LogP contribution in [0.25, 0.3) is 0 Å². The second-order valence-electron chi connectivity index (χ2n) is 5.12. The fraction of sp³-hybridized carbons (Fsp3) is 0.222. The smallest absolute Gasteiger partial charge is 0.0672 e. The highest BCUT2D eigenvalue weighted by molar-refractivity contribution is 5.54.